The van der Waals surface area contributed by atoms with Crippen molar-refractivity contribution in [2.45, 2.75) is 58.3 Å². The Bertz CT molecular complexity index is 900. The Morgan fingerprint density at radius 1 is 0.926 bits per heavy atom. The molecule has 0 fully saturated rings. The van der Waals surface area contributed by atoms with Crippen molar-refractivity contribution in [3.63, 3.8) is 0 Å². The number of methoxy groups -OCH3 is 1. The number of hydrogen-bond acceptors (Lipinski definition) is 2. The Morgan fingerprint density at radius 2 is 1.59 bits per heavy atom. The van der Waals surface area contributed by atoms with E-state index in [9.17, 15) is 4.79 Å². The number of fused-ring (bicyclic) bond motifs is 1. The van der Waals surface area contributed by atoms with Gasteiger partial charge in [-0.2, -0.15) is 0 Å². The Balaban J connectivity index is 2.00. The van der Waals surface area contributed by atoms with E-state index in [4.69, 9.17) is 4.74 Å². The lowest BCUT2D eigenvalue weighted by molar-refractivity contribution is 0.0600. The molecule has 0 aromatic heterocycles. The average Bonchev–Trinajstić information content (AvgIpc) is 2.65. The predicted molar refractivity (Wildman–Crippen MR) is 113 cm³/mol. The third kappa shape index (κ3) is 3.85. The fourth-order valence-corrected chi connectivity index (χ4v) is 4.04. The molecular weight excluding hydrogens is 332 g/mol. The molecule has 0 aliphatic heterocycles. The summed E-state index contributed by atoms with van der Waals surface area (Å²) in [5.41, 5.74) is 7.39. The van der Waals surface area contributed by atoms with E-state index < -0.39 is 0 Å². The fraction of sp³-hybridized carbons (Fsp3) is 0.400. The SMILES string of the molecule is COC(=O)c1cccc(C=C(C)c2ccc3c(c2)C(C)(C)CCC3(C)C)c1. The van der Waals surface area contributed by atoms with E-state index >= 15 is 0 Å². The molecule has 0 spiro atoms. The first-order valence-electron chi connectivity index (χ1n) is 9.66. The molecule has 0 unspecified atom stereocenters. The maximum atomic E-state index is 11.8. The number of rotatable bonds is 3. The van der Waals surface area contributed by atoms with Crippen LogP contribution in [0, 0.1) is 0 Å². The summed E-state index contributed by atoms with van der Waals surface area (Å²) in [6.45, 7) is 11.5. The van der Waals surface area contributed by atoms with Crippen molar-refractivity contribution < 1.29 is 9.53 Å². The zero-order valence-electron chi connectivity index (χ0n) is 17.3. The molecule has 2 heteroatoms. The van der Waals surface area contributed by atoms with Crippen molar-refractivity contribution in [1.29, 1.82) is 0 Å². The van der Waals surface area contributed by atoms with Crippen LogP contribution < -0.4 is 0 Å². The minimum atomic E-state index is -0.305. The van der Waals surface area contributed by atoms with Crippen LogP contribution in [-0.4, -0.2) is 13.1 Å². The standard InChI is InChI=1S/C25H30O2/c1-17(14-18-8-7-9-20(15-18)23(26)27-6)19-10-11-21-22(16-19)25(4,5)13-12-24(21,2)3/h7-11,14-16H,12-13H2,1-6H3. The van der Waals surface area contributed by atoms with Crippen LogP contribution in [-0.2, 0) is 15.6 Å². The maximum Gasteiger partial charge on any atom is 0.337 e. The molecule has 142 valence electrons. The van der Waals surface area contributed by atoms with Gasteiger partial charge >= 0.3 is 5.97 Å². The molecule has 0 bridgehead atoms. The normalized spacial score (nSPS) is 17.9. The molecular formula is C25H30O2. The molecule has 1 aliphatic rings. The molecule has 0 heterocycles. The van der Waals surface area contributed by atoms with E-state index in [-0.39, 0.29) is 16.8 Å². The summed E-state index contributed by atoms with van der Waals surface area (Å²) in [5, 5.41) is 0. The lowest BCUT2D eigenvalue weighted by Crippen LogP contribution is -2.33. The predicted octanol–water partition coefficient (Wildman–Crippen LogP) is 6.38. The Labute approximate surface area is 163 Å². The number of benzene rings is 2. The second-order valence-electron chi connectivity index (χ2n) is 8.97. The first-order chi connectivity index (χ1) is 12.6. The molecule has 2 aromatic rings. The summed E-state index contributed by atoms with van der Waals surface area (Å²) in [4.78, 5) is 11.8. The second kappa shape index (κ2) is 6.99. The highest BCUT2D eigenvalue weighted by Gasteiger charge is 2.36. The lowest BCUT2D eigenvalue weighted by Gasteiger charge is -2.42. The molecule has 0 amide bonds. The Hall–Kier alpha value is -2.35. The third-order valence-corrected chi connectivity index (χ3v) is 6.00. The number of carbonyl (C=O) groups is 1. The summed E-state index contributed by atoms with van der Waals surface area (Å²) < 4.78 is 4.83. The van der Waals surface area contributed by atoms with Gasteiger partial charge in [0.1, 0.15) is 0 Å². The number of hydrogen-bond donors (Lipinski definition) is 0. The smallest absolute Gasteiger partial charge is 0.337 e. The average molecular weight is 363 g/mol. The van der Waals surface area contributed by atoms with Crippen LogP contribution in [0.25, 0.3) is 11.6 Å². The van der Waals surface area contributed by atoms with Crippen molar-refractivity contribution in [3.05, 3.63) is 70.3 Å². The van der Waals surface area contributed by atoms with Gasteiger partial charge in [-0.3, -0.25) is 0 Å². The second-order valence-corrected chi connectivity index (χ2v) is 8.97. The zero-order chi connectivity index (χ0) is 19.8. The molecule has 0 atom stereocenters. The summed E-state index contributed by atoms with van der Waals surface area (Å²) in [6, 6.07) is 14.5. The summed E-state index contributed by atoms with van der Waals surface area (Å²) in [7, 11) is 1.41. The van der Waals surface area contributed by atoms with Crippen LogP contribution in [0.15, 0.2) is 42.5 Å². The highest BCUT2D eigenvalue weighted by molar-refractivity contribution is 5.91. The number of allylic oxidation sites excluding steroid dienone is 1. The van der Waals surface area contributed by atoms with Crippen LogP contribution in [0.4, 0.5) is 0 Å². The van der Waals surface area contributed by atoms with Crippen molar-refractivity contribution >= 4 is 17.6 Å². The minimum Gasteiger partial charge on any atom is -0.465 e. The first kappa shape index (κ1) is 19.4. The summed E-state index contributed by atoms with van der Waals surface area (Å²) >= 11 is 0. The molecule has 2 aromatic carbocycles. The van der Waals surface area contributed by atoms with Crippen LogP contribution in [0.1, 0.15) is 80.1 Å². The van der Waals surface area contributed by atoms with E-state index in [1.807, 2.05) is 18.2 Å². The number of carbonyl (C=O) groups excluding carboxylic acids is 1. The van der Waals surface area contributed by atoms with Gasteiger partial charge in [-0.05, 0) is 70.6 Å². The topological polar surface area (TPSA) is 26.3 Å². The van der Waals surface area contributed by atoms with E-state index in [0.717, 1.165) is 5.56 Å². The largest absolute Gasteiger partial charge is 0.465 e. The van der Waals surface area contributed by atoms with Gasteiger partial charge in [-0.15, -0.1) is 0 Å². The lowest BCUT2D eigenvalue weighted by atomic mass is 9.63. The van der Waals surface area contributed by atoms with E-state index in [1.54, 1.807) is 6.07 Å². The van der Waals surface area contributed by atoms with Gasteiger partial charge in [0.2, 0.25) is 0 Å². The molecule has 0 N–H and O–H groups in total. The molecule has 0 saturated heterocycles. The van der Waals surface area contributed by atoms with Crippen molar-refractivity contribution in [3.8, 4) is 0 Å². The van der Waals surface area contributed by atoms with E-state index in [0.29, 0.717) is 5.56 Å². The summed E-state index contributed by atoms with van der Waals surface area (Å²) in [5.74, 6) is -0.305. The van der Waals surface area contributed by atoms with Gasteiger partial charge < -0.3 is 4.74 Å². The number of esters is 1. The molecule has 1 aliphatic carbocycles. The van der Waals surface area contributed by atoms with Crippen LogP contribution in [0.5, 0.6) is 0 Å². The third-order valence-electron chi connectivity index (χ3n) is 6.00. The quantitative estimate of drug-likeness (QED) is 0.467. The highest BCUT2D eigenvalue weighted by Crippen LogP contribution is 2.46. The zero-order valence-corrected chi connectivity index (χ0v) is 17.3. The van der Waals surface area contributed by atoms with Crippen LogP contribution in [0.3, 0.4) is 0 Å². The van der Waals surface area contributed by atoms with Gasteiger partial charge in [-0.25, -0.2) is 4.79 Å². The van der Waals surface area contributed by atoms with Gasteiger partial charge in [0.25, 0.3) is 0 Å². The number of ether oxygens (including phenoxy) is 1. The molecule has 3 rings (SSSR count). The molecule has 27 heavy (non-hydrogen) atoms. The Morgan fingerprint density at radius 3 is 2.26 bits per heavy atom. The Kier molecular flexibility index (Phi) is 5.03. The van der Waals surface area contributed by atoms with Crippen LogP contribution >= 0.6 is 0 Å². The van der Waals surface area contributed by atoms with E-state index in [1.165, 1.54) is 42.2 Å². The van der Waals surface area contributed by atoms with Crippen molar-refractivity contribution in [1.82, 2.24) is 0 Å². The van der Waals surface area contributed by atoms with Gasteiger partial charge in [0.05, 0.1) is 12.7 Å². The van der Waals surface area contributed by atoms with Crippen LogP contribution in [0.2, 0.25) is 0 Å². The summed E-state index contributed by atoms with van der Waals surface area (Å²) in [6.07, 6.45) is 4.57. The monoisotopic (exact) mass is 362 g/mol. The maximum absolute atomic E-state index is 11.8. The molecule has 0 saturated carbocycles. The van der Waals surface area contributed by atoms with Gasteiger partial charge in [-0.1, -0.05) is 64.1 Å². The molecule has 2 nitrogen and oxygen atoms in total. The highest BCUT2D eigenvalue weighted by atomic mass is 16.5. The first-order valence-corrected chi connectivity index (χ1v) is 9.66. The minimum absolute atomic E-state index is 0.200. The van der Waals surface area contributed by atoms with Crippen molar-refractivity contribution in [2.24, 2.45) is 0 Å². The van der Waals surface area contributed by atoms with Gasteiger partial charge in [0.15, 0.2) is 0 Å². The molecule has 0 radical (unpaired) electrons. The van der Waals surface area contributed by atoms with E-state index in [2.05, 4.69) is 58.9 Å². The van der Waals surface area contributed by atoms with Gasteiger partial charge in [0, 0.05) is 0 Å². The fourth-order valence-electron chi connectivity index (χ4n) is 4.04. The van der Waals surface area contributed by atoms with Crippen molar-refractivity contribution in [2.75, 3.05) is 7.11 Å².